The summed E-state index contributed by atoms with van der Waals surface area (Å²) in [5.74, 6) is 0.140. The van der Waals surface area contributed by atoms with E-state index < -0.39 is 5.41 Å². The van der Waals surface area contributed by atoms with Crippen molar-refractivity contribution >= 4 is 16.9 Å². The number of fused-ring (bicyclic) bond motifs is 6. The van der Waals surface area contributed by atoms with Gasteiger partial charge in [-0.3, -0.25) is 9.63 Å². The predicted octanol–water partition coefficient (Wildman–Crippen LogP) is 3.11. The lowest BCUT2D eigenvalue weighted by molar-refractivity contribution is -0.149. The number of hydrogen-bond donors (Lipinski definition) is 1. The van der Waals surface area contributed by atoms with E-state index in [0.29, 0.717) is 5.92 Å². The molecule has 5 rings (SSSR count). The molecule has 5 nitrogen and oxygen atoms in total. The third-order valence-electron chi connectivity index (χ3n) is 6.34. The summed E-state index contributed by atoms with van der Waals surface area (Å²) in [5, 5.41) is 3.29. The number of ether oxygens (including phenoxy) is 1. The topological polar surface area (TPSA) is 54.6 Å². The van der Waals surface area contributed by atoms with Crippen LogP contribution in [0.3, 0.4) is 0 Å². The molecule has 1 fully saturated rings. The van der Waals surface area contributed by atoms with Gasteiger partial charge in [-0.1, -0.05) is 31.2 Å². The molecule has 1 unspecified atom stereocenters. The zero-order valence-corrected chi connectivity index (χ0v) is 15.2. The van der Waals surface area contributed by atoms with Crippen LogP contribution in [0, 0.1) is 5.92 Å². The van der Waals surface area contributed by atoms with Gasteiger partial charge in [-0.15, -0.1) is 0 Å². The molecule has 2 aromatic rings. The largest absolute Gasteiger partial charge is 0.468 e. The van der Waals surface area contributed by atoms with Crippen molar-refractivity contribution in [2.75, 3.05) is 20.2 Å². The first-order chi connectivity index (χ1) is 12.7. The Hall–Kier alpha value is -2.11. The Morgan fingerprint density at radius 1 is 1.42 bits per heavy atom. The van der Waals surface area contributed by atoms with Crippen LogP contribution in [0.1, 0.15) is 31.0 Å². The van der Waals surface area contributed by atoms with Gasteiger partial charge in [0.2, 0.25) is 0 Å². The third-order valence-corrected chi connectivity index (χ3v) is 6.34. The highest BCUT2D eigenvalue weighted by Crippen LogP contribution is 2.48. The van der Waals surface area contributed by atoms with Gasteiger partial charge in [0.05, 0.1) is 7.11 Å². The van der Waals surface area contributed by atoms with Crippen molar-refractivity contribution in [2.45, 2.75) is 37.7 Å². The molecule has 1 aromatic heterocycles. The molecule has 3 aliphatic rings. The SMILES string of the molecule is CCC1=C[C@]2(C(=O)OC)C[C@H]3CN(CCc4c2[nH]c2ccccc42)O[C@@H]13. The molecular formula is C21H24N2O3. The number of aromatic nitrogens is 1. The van der Waals surface area contributed by atoms with E-state index in [4.69, 9.17) is 9.57 Å². The molecule has 3 heterocycles. The Morgan fingerprint density at radius 2 is 2.27 bits per heavy atom. The number of para-hydroxylation sites is 1. The molecular weight excluding hydrogens is 328 g/mol. The van der Waals surface area contributed by atoms with Gasteiger partial charge < -0.3 is 9.72 Å². The van der Waals surface area contributed by atoms with Crippen molar-refractivity contribution in [3.8, 4) is 0 Å². The van der Waals surface area contributed by atoms with Crippen LogP contribution in [0.15, 0.2) is 35.9 Å². The van der Waals surface area contributed by atoms with E-state index in [1.165, 1.54) is 23.6 Å². The molecule has 4 atom stereocenters. The number of methoxy groups -OCH3 is 1. The maximum absolute atomic E-state index is 13.2. The predicted molar refractivity (Wildman–Crippen MR) is 98.6 cm³/mol. The van der Waals surface area contributed by atoms with Gasteiger partial charge in [-0.25, -0.2) is 0 Å². The second-order valence-electron chi connectivity index (χ2n) is 7.69. The van der Waals surface area contributed by atoms with Crippen LogP contribution in [-0.2, 0) is 26.2 Å². The number of nitrogens with zero attached hydrogens (tertiary/aromatic N) is 1. The van der Waals surface area contributed by atoms with E-state index in [1.54, 1.807) is 0 Å². The number of hydroxylamine groups is 2. The van der Waals surface area contributed by atoms with Crippen LogP contribution in [0.25, 0.3) is 10.9 Å². The first-order valence-electron chi connectivity index (χ1n) is 9.48. The van der Waals surface area contributed by atoms with Crippen LogP contribution in [0.5, 0.6) is 0 Å². The standard InChI is InChI=1S/C21H24N2O3/c1-3-13-10-21(20(24)25-2)11-14-12-23(26-18(13)14)9-8-16-15-6-4-5-7-17(15)22-19(16)21/h4-7,10,14,18,22H,3,8-9,11-12H2,1-2H3/t14-,18-,21-/m0/s1. The van der Waals surface area contributed by atoms with Gasteiger partial charge in [0.1, 0.15) is 11.5 Å². The van der Waals surface area contributed by atoms with Gasteiger partial charge >= 0.3 is 5.97 Å². The minimum atomic E-state index is -0.751. The smallest absolute Gasteiger partial charge is 0.321 e. The van der Waals surface area contributed by atoms with Crippen molar-refractivity contribution in [3.05, 3.63) is 47.2 Å². The number of carbonyl (C=O) groups excluding carboxylic acids is 1. The summed E-state index contributed by atoms with van der Waals surface area (Å²) in [6.07, 6.45) is 4.70. The average molecular weight is 352 g/mol. The molecule has 5 heteroatoms. The summed E-state index contributed by atoms with van der Waals surface area (Å²) in [7, 11) is 1.50. The minimum Gasteiger partial charge on any atom is -0.468 e. The Bertz CT molecular complexity index is 915. The van der Waals surface area contributed by atoms with Crippen molar-refractivity contribution in [1.29, 1.82) is 0 Å². The Balaban J connectivity index is 1.83. The monoisotopic (exact) mass is 352 g/mol. The molecule has 0 amide bonds. The first-order valence-corrected chi connectivity index (χ1v) is 9.48. The zero-order chi connectivity index (χ0) is 17.9. The molecule has 1 N–H and O–H groups in total. The van der Waals surface area contributed by atoms with E-state index in [2.05, 4.69) is 41.2 Å². The van der Waals surface area contributed by atoms with E-state index in [-0.39, 0.29) is 12.1 Å². The highest BCUT2D eigenvalue weighted by Gasteiger charge is 2.53. The Morgan fingerprint density at radius 3 is 3.08 bits per heavy atom. The normalized spacial score (nSPS) is 32.5. The molecule has 1 aromatic carbocycles. The summed E-state index contributed by atoms with van der Waals surface area (Å²) in [4.78, 5) is 23.0. The van der Waals surface area contributed by atoms with Crippen LogP contribution in [0.4, 0.5) is 0 Å². The van der Waals surface area contributed by atoms with Crippen LogP contribution in [0.2, 0.25) is 0 Å². The summed E-state index contributed by atoms with van der Waals surface area (Å²) in [6.45, 7) is 3.86. The van der Waals surface area contributed by atoms with Crippen LogP contribution >= 0.6 is 0 Å². The fraction of sp³-hybridized carbons (Fsp3) is 0.476. The number of benzene rings is 1. The lowest BCUT2D eigenvalue weighted by atomic mass is 9.67. The van der Waals surface area contributed by atoms with Gasteiger partial charge in [0, 0.05) is 35.6 Å². The molecule has 136 valence electrons. The highest BCUT2D eigenvalue weighted by atomic mass is 16.7. The van der Waals surface area contributed by atoms with Crippen molar-refractivity contribution in [2.24, 2.45) is 5.92 Å². The molecule has 1 aliphatic carbocycles. The number of rotatable bonds is 2. The van der Waals surface area contributed by atoms with Crippen molar-refractivity contribution in [3.63, 3.8) is 0 Å². The maximum atomic E-state index is 13.2. The lowest BCUT2D eigenvalue weighted by Crippen LogP contribution is -2.44. The fourth-order valence-electron chi connectivity index (χ4n) is 5.19. The van der Waals surface area contributed by atoms with Crippen LogP contribution < -0.4 is 0 Å². The first kappa shape index (κ1) is 16.1. The van der Waals surface area contributed by atoms with E-state index >= 15 is 0 Å². The number of carbonyl (C=O) groups is 1. The fourth-order valence-corrected chi connectivity index (χ4v) is 5.19. The summed E-state index contributed by atoms with van der Waals surface area (Å²) < 4.78 is 5.34. The van der Waals surface area contributed by atoms with Gasteiger partial charge in [0.25, 0.3) is 0 Å². The molecule has 26 heavy (non-hydrogen) atoms. The third kappa shape index (κ3) is 2.07. The maximum Gasteiger partial charge on any atom is 0.321 e. The number of esters is 1. The van der Waals surface area contributed by atoms with Gasteiger partial charge in [0.15, 0.2) is 0 Å². The van der Waals surface area contributed by atoms with E-state index in [1.807, 2.05) is 6.07 Å². The summed E-state index contributed by atoms with van der Waals surface area (Å²) in [6, 6.07) is 8.31. The Kier molecular flexibility index (Phi) is 3.52. The van der Waals surface area contributed by atoms with Gasteiger partial charge in [-0.2, -0.15) is 5.06 Å². The van der Waals surface area contributed by atoms with Crippen molar-refractivity contribution in [1.82, 2.24) is 10.0 Å². The zero-order valence-electron chi connectivity index (χ0n) is 15.2. The quantitative estimate of drug-likeness (QED) is 0.667. The second kappa shape index (κ2) is 5.69. The Labute approximate surface area is 152 Å². The second-order valence-corrected chi connectivity index (χ2v) is 7.69. The molecule has 1 saturated heterocycles. The van der Waals surface area contributed by atoms with Crippen molar-refractivity contribution < 1.29 is 14.4 Å². The number of nitrogens with one attached hydrogen (secondary N) is 1. The van der Waals surface area contributed by atoms with Gasteiger partial charge in [-0.05, 0) is 36.5 Å². The average Bonchev–Trinajstić information content (AvgIpc) is 3.26. The molecule has 0 saturated carbocycles. The lowest BCUT2D eigenvalue weighted by Gasteiger charge is -2.38. The summed E-state index contributed by atoms with van der Waals surface area (Å²) >= 11 is 0. The summed E-state index contributed by atoms with van der Waals surface area (Å²) in [5.41, 5.74) is 3.77. The molecule has 0 radical (unpaired) electrons. The van der Waals surface area contributed by atoms with E-state index in [0.717, 1.165) is 43.6 Å². The number of aromatic amines is 1. The highest BCUT2D eigenvalue weighted by molar-refractivity contribution is 5.92. The van der Waals surface area contributed by atoms with Crippen LogP contribution in [-0.4, -0.2) is 42.3 Å². The number of H-pyrrole nitrogens is 1. The number of hydrogen-bond acceptors (Lipinski definition) is 4. The molecule has 0 spiro atoms. The van der Waals surface area contributed by atoms with E-state index in [9.17, 15) is 4.79 Å². The molecule has 3 bridgehead atoms. The minimum absolute atomic E-state index is 0.101. The molecule has 2 aliphatic heterocycles.